The van der Waals surface area contributed by atoms with E-state index in [9.17, 15) is 9.59 Å². The van der Waals surface area contributed by atoms with Crippen LogP contribution in [-0.4, -0.2) is 42.8 Å². The number of carboxylic acid groups (broad SMARTS) is 1. The molecule has 0 saturated heterocycles. The van der Waals surface area contributed by atoms with Crippen molar-refractivity contribution in [2.45, 2.75) is 25.9 Å². The highest BCUT2D eigenvalue weighted by atomic mass is 16.5. The lowest BCUT2D eigenvalue weighted by Crippen LogP contribution is -2.51. The molecule has 0 aliphatic heterocycles. The molecule has 0 aliphatic carbocycles. The lowest BCUT2D eigenvalue weighted by atomic mass is 10.0. The van der Waals surface area contributed by atoms with Crippen LogP contribution in [-0.2, 0) is 14.3 Å². The number of methoxy groups -OCH3 is 1. The SMILES string of the molecule is COCC(N)C(=O)N[C@@H](C(=O)O)C(C)C. The van der Waals surface area contributed by atoms with Gasteiger partial charge >= 0.3 is 5.97 Å². The summed E-state index contributed by atoms with van der Waals surface area (Å²) in [5.41, 5.74) is 5.45. The number of ether oxygens (including phenoxy) is 1. The summed E-state index contributed by atoms with van der Waals surface area (Å²) >= 11 is 0. The van der Waals surface area contributed by atoms with Crippen LogP contribution in [0, 0.1) is 5.92 Å². The number of carbonyl (C=O) groups is 2. The highest BCUT2D eigenvalue weighted by Crippen LogP contribution is 2.01. The van der Waals surface area contributed by atoms with Crippen LogP contribution in [0.1, 0.15) is 13.8 Å². The summed E-state index contributed by atoms with van der Waals surface area (Å²) in [5.74, 6) is -1.78. The molecule has 0 aliphatic rings. The Kier molecular flexibility index (Phi) is 5.88. The molecule has 1 amide bonds. The van der Waals surface area contributed by atoms with E-state index in [0.29, 0.717) is 0 Å². The van der Waals surface area contributed by atoms with Crippen molar-refractivity contribution in [2.75, 3.05) is 13.7 Å². The average Bonchev–Trinajstić information content (AvgIpc) is 2.12. The van der Waals surface area contributed by atoms with Gasteiger partial charge in [-0.25, -0.2) is 4.79 Å². The van der Waals surface area contributed by atoms with Crippen molar-refractivity contribution >= 4 is 11.9 Å². The molecule has 88 valence electrons. The van der Waals surface area contributed by atoms with Crippen molar-refractivity contribution in [2.24, 2.45) is 11.7 Å². The van der Waals surface area contributed by atoms with Crippen LogP contribution in [0.3, 0.4) is 0 Å². The second kappa shape index (κ2) is 6.36. The Bertz CT molecular complexity index is 230. The van der Waals surface area contributed by atoms with Crippen molar-refractivity contribution in [3.05, 3.63) is 0 Å². The second-order valence-electron chi connectivity index (χ2n) is 3.63. The van der Waals surface area contributed by atoms with Gasteiger partial charge in [0, 0.05) is 7.11 Å². The van der Waals surface area contributed by atoms with E-state index in [-0.39, 0.29) is 12.5 Å². The van der Waals surface area contributed by atoms with Gasteiger partial charge in [0.15, 0.2) is 0 Å². The van der Waals surface area contributed by atoms with E-state index in [4.69, 9.17) is 15.6 Å². The first-order chi connectivity index (χ1) is 6.90. The van der Waals surface area contributed by atoms with E-state index in [1.165, 1.54) is 7.11 Å². The topological polar surface area (TPSA) is 102 Å². The number of carboxylic acids is 1. The van der Waals surface area contributed by atoms with Crippen molar-refractivity contribution in [3.8, 4) is 0 Å². The minimum absolute atomic E-state index is 0.0657. The van der Waals surface area contributed by atoms with Crippen molar-refractivity contribution < 1.29 is 19.4 Å². The monoisotopic (exact) mass is 218 g/mol. The Balaban J connectivity index is 4.29. The predicted molar refractivity (Wildman–Crippen MR) is 54.3 cm³/mol. The van der Waals surface area contributed by atoms with Crippen LogP contribution in [0.25, 0.3) is 0 Å². The quantitative estimate of drug-likeness (QED) is 0.541. The Morgan fingerprint density at radius 1 is 1.47 bits per heavy atom. The largest absolute Gasteiger partial charge is 0.480 e. The fraction of sp³-hybridized carbons (Fsp3) is 0.778. The third-order valence-electron chi connectivity index (χ3n) is 1.91. The zero-order chi connectivity index (χ0) is 12.0. The highest BCUT2D eigenvalue weighted by molar-refractivity contribution is 5.86. The van der Waals surface area contributed by atoms with E-state index in [2.05, 4.69) is 5.32 Å². The molecule has 0 heterocycles. The molecule has 6 nitrogen and oxygen atoms in total. The maximum atomic E-state index is 11.4. The molecule has 0 radical (unpaired) electrons. The fourth-order valence-corrected chi connectivity index (χ4v) is 1.03. The molecular weight excluding hydrogens is 200 g/mol. The lowest BCUT2D eigenvalue weighted by molar-refractivity contribution is -0.143. The van der Waals surface area contributed by atoms with E-state index >= 15 is 0 Å². The molecule has 0 rings (SSSR count). The summed E-state index contributed by atoms with van der Waals surface area (Å²) in [6.07, 6.45) is 0. The fourth-order valence-electron chi connectivity index (χ4n) is 1.03. The van der Waals surface area contributed by atoms with Gasteiger partial charge in [0.2, 0.25) is 5.91 Å². The predicted octanol–water partition coefficient (Wildman–Crippen LogP) is -0.814. The number of nitrogens with one attached hydrogen (secondary N) is 1. The van der Waals surface area contributed by atoms with Crippen LogP contribution in [0.5, 0.6) is 0 Å². The zero-order valence-electron chi connectivity index (χ0n) is 9.19. The maximum absolute atomic E-state index is 11.4. The van der Waals surface area contributed by atoms with Crippen LogP contribution in [0.15, 0.2) is 0 Å². The zero-order valence-corrected chi connectivity index (χ0v) is 9.19. The first kappa shape index (κ1) is 13.9. The van der Waals surface area contributed by atoms with Gasteiger partial charge in [-0.2, -0.15) is 0 Å². The van der Waals surface area contributed by atoms with Gasteiger partial charge in [0.25, 0.3) is 0 Å². The molecule has 0 fully saturated rings. The van der Waals surface area contributed by atoms with Crippen LogP contribution in [0.4, 0.5) is 0 Å². The molecule has 15 heavy (non-hydrogen) atoms. The molecule has 0 spiro atoms. The molecule has 1 unspecified atom stereocenters. The Morgan fingerprint density at radius 3 is 2.33 bits per heavy atom. The molecule has 6 heteroatoms. The van der Waals surface area contributed by atoms with Crippen LogP contribution >= 0.6 is 0 Å². The summed E-state index contributed by atoms with van der Waals surface area (Å²) in [6.45, 7) is 3.48. The van der Waals surface area contributed by atoms with Crippen molar-refractivity contribution in [3.63, 3.8) is 0 Å². The molecule has 4 N–H and O–H groups in total. The maximum Gasteiger partial charge on any atom is 0.326 e. The average molecular weight is 218 g/mol. The standard InChI is InChI=1S/C9H18N2O4/c1-5(2)7(9(13)14)11-8(12)6(10)4-15-3/h5-7H,4,10H2,1-3H3,(H,11,12)(H,13,14)/t6?,7-/m1/s1. The molecule has 2 atom stereocenters. The third kappa shape index (κ3) is 4.75. The number of carbonyl (C=O) groups excluding carboxylic acids is 1. The van der Waals surface area contributed by atoms with Crippen LogP contribution < -0.4 is 11.1 Å². The number of aliphatic carboxylic acids is 1. The van der Waals surface area contributed by atoms with Gasteiger partial charge in [-0.3, -0.25) is 4.79 Å². The van der Waals surface area contributed by atoms with Gasteiger partial charge in [0.05, 0.1) is 6.61 Å². The molecule has 0 aromatic heterocycles. The summed E-state index contributed by atoms with van der Waals surface area (Å²) in [5, 5.41) is 11.2. The molecule has 0 aromatic rings. The Hall–Kier alpha value is -1.14. The molecule has 0 aromatic carbocycles. The van der Waals surface area contributed by atoms with E-state index < -0.39 is 24.0 Å². The van der Waals surface area contributed by atoms with Gasteiger partial charge in [-0.1, -0.05) is 13.8 Å². The number of hydrogen-bond acceptors (Lipinski definition) is 4. The first-order valence-corrected chi connectivity index (χ1v) is 4.67. The normalized spacial score (nSPS) is 14.7. The van der Waals surface area contributed by atoms with Gasteiger partial charge < -0.3 is 20.9 Å². The minimum Gasteiger partial charge on any atom is -0.480 e. The summed E-state index contributed by atoms with van der Waals surface area (Å²) in [7, 11) is 1.42. The van der Waals surface area contributed by atoms with Crippen molar-refractivity contribution in [1.82, 2.24) is 5.32 Å². The number of nitrogens with two attached hydrogens (primary N) is 1. The van der Waals surface area contributed by atoms with Gasteiger partial charge in [-0.05, 0) is 5.92 Å². The van der Waals surface area contributed by atoms with E-state index in [0.717, 1.165) is 0 Å². The smallest absolute Gasteiger partial charge is 0.326 e. The third-order valence-corrected chi connectivity index (χ3v) is 1.91. The minimum atomic E-state index is -1.07. The summed E-state index contributed by atoms with van der Waals surface area (Å²) < 4.78 is 4.69. The highest BCUT2D eigenvalue weighted by Gasteiger charge is 2.25. The number of hydrogen-bond donors (Lipinski definition) is 3. The second-order valence-corrected chi connectivity index (χ2v) is 3.63. The number of amides is 1. The molecule has 0 bridgehead atoms. The first-order valence-electron chi connectivity index (χ1n) is 4.67. The van der Waals surface area contributed by atoms with E-state index in [1.54, 1.807) is 13.8 Å². The Morgan fingerprint density at radius 2 is 2.00 bits per heavy atom. The van der Waals surface area contributed by atoms with Gasteiger partial charge in [-0.15, -0.1) is 0 Å². The summed E-state index contributed by atoms with van der Waals surface area (Å²) in [6, 6.07) is -1.75. The van der Waals surface area contributed by atoms with Gasteiger partial charge in [0.1, 0.15) is 12.1 Å². The number of rotatable bonds is 6. The molecular formula is C9H18N2O4. The van der Waals surface area contributed by atoms with E-state index in [1.807, 2.05) is 0 Å². The Labute approximate surface area is 88.8 Å². The lowest BCUT2D eigenvalue weighted by Gasteiger charge is -2.20. The molecule has 0 saturated carbocycles. The van der Waals surface area contributed by atoms with Crippen molar-refractivity contribution in [1.29, 1.82) is 0 Å². The summed E-state index contributed by atoms with van der Waals surface area (Å²) in [4.78, 5) is 22.1. The van der Waals surface area contributed by atoms with Crippen LogP contribution in [0.2, 0.25) is 0 Å².